The van der Waals surface area contributed by atoms with Crippen molar-refractivity contribution in [2.45, 2.75) is 65.1 Å². The van der Waals surface area contributed by atoms with Gasteiger partial charge in [-0.2, -0.15) is 0 Å². The predicted molar refractivity (Wildman–Crippen MR) is 63.5 cm³/mol. The van der Waals surface area contributed by atoms with Crippen LogP contribution in [0.3, 0.4) is 0 Å². The molecule has 17 heavy (non-hydrogen) atoms. The van der Waals surface area contributed by atoms with E-state index in [-0.39, 0.29) is 18.1 Å². The second-order valence-electron chi connectivity index (χ2n) is 5.70. The maximum Gasteiger partial charge on any atom is 0.407 e. The number of aliphatic hydroxyl groups excluding tert-OH is 1. The zero-order valence-electron chi connectivity index (χ0n) is 11.2. The van der Waals surface area contributed by atoms with Crippen molar-refractivity contribution in [2.24, 2.45) is 5.92 Å². The molecule has 1 unspecified atom stereocenters. The molecule has 0 saturated carbocycles. The Morgan fingerprint density at radius 2 is 2.00 bits per heavy atom. The zero-order chi connectivity index (χ0) is 13.2. The predicted octanol–water partition coefficient (Wildman–Crippen LogP) is 1.64. The topological polar surface area (TPSA) is 67.8 Å². The van der Waals surface area contributed by atoms with Gasteiger partial charge in [-0.05, 0) is 34.1 Å². The molecule has 4 atom stereocenters. The molecule has 5 heteroatoms. The second-order valence-corrected chi connectivity index (χ2v) is 5.70. The van der Waals surface area contributed by atoms with Crippen molar-refractivity contribution < 1.29 is 19.4 Å². The van der Waals surface area contributed by atoms with Crippen LogP contribution in [0.5, 0.6) is 0 Å². The molecule has 1 amide bonds. The number of nitrogens with one attached hydrogen (secondary N) is 1. The minimum atomic E-state index is -0.748. The first-order valence-electron chi connectivity index (χ1n) is 6.02. The molecule has 100 valence electrons. The van der Waals surface area contributed by atoms with E-state index in [1.165, 1.54) is 0 Å². The molecule has 0 aromatic carbocycles. The monoisotopic (exact) mass is 245 g/mol. The first kappa shape index (κ1) is 14.3. The van der Waals surface area contributed by atoms with E-state index in [1.807, 2.05) is 34.6 Å². The third-order valence-electron chi connectivity index (χ3n) is 2.74. The summed E-state index contributed by atoms with van der Waals surface area (Å²) < 4.78 is 10.5. The van der Waals surface area contributed by atoms with Crippen LogP contribution < -0.4 is 5.32 Å². The molecule has 0 radical (unpaired) electrons. The van der Waals surface area contributed by atoms with E-state index in [1.54, 1.807) is 0 Å². The minimum absolute atomic E-state index is 0.00568. The number of aliphatic hydroxyl groups is 1. The third kappa shape index (κ3) is 4.52. The highest BCUT2D eigenvalue weighted by atomic mass is 16.6. The standard InChI is InChI=1S/C12H23NO4/c1-7-6-9(8(2)16-10(7)14)13-11(15)17-12(3,4)5/h7-10,14H,6H2,1-5H3,(H,13,15)/t7-,8+,9+,10?/m0/s1. The Morgan fingerprint density at radius 1 is 1.41 bits per heavy atom. The van der Waals surface area contributed by atoms with E-state index in [2.05, 4.69) is 5.32 Å². The van der Waals surface area contributed by atoms with Crippen molar-refractivity contribution in [1.29, 1.82) is 0 Å². The van der Waals surface area contributed by atoms with Gasteiger partial charge in [-0.3, -0.25) is 0 Å². The highest BCUT2D eigenvalue weighted by Gasteiger charge is 2.34. The number of hydrogen-bond donors (Lipinski definition) is 2. The maximum absolute atomic E-state index is 11.6. The molecule has 1 aliphatic heterocycles. The smallest absolute Gasteiger partial charge is 0.407 e. The average Bonchev–Trinajstić information content (AvgIpc) is 2.11. The van der Waals surface area contributed by atoms with E-state index in [9.17, 15) is 9.90 Å². The van der Waals surface area contributed by atoms with Gasteiger partial charge in [0.05, 0.1) is 12.1 Å². The average molecular weight is 245 g/mol. The molecule has 0 bridgehead atoms. The van der Waals surface area contributed by atoms with Gasteiger partial charge in [0.25, 0.3) is 0 Å². The SMILES string of the molecule is C[C@H]1C[C@@H](NC(=O)OC(C)(C)C)[C@@H](C)OC1O. The highest BCUT2D eigenvalue weighted by Crippen LogP contribution is 2.23. The number of hydrogen-bond acceptors (Lipinski definition) is 4. The van der Waals surface area contributed by atoms with Gasteiger partial charge in [-0.25, -0.2) is 4.79 Å². The summed E-state index contributed by atoms with van der Waals surface area (Å²) >= 11 is 0. The number of alkyl carbamates (subject to hydrolysis) is 1. The lowest BCUT2D eigenvalue weighted by Crippen LogP contribution is -2.51. The van der Waals surface area contributed by atoms with Crippen LogP contribution >= 0.6 is 0 Å². The zero-order valence-corrected chi connectivity index (χ0v) is 11.2. The molecular weight excluding hydrogens is 222 g/mol. The maximum atomic E-state index is 11.6. The molecular formula is C12H23NO4. The van der Waals surface area contributed by atoms with Crippen LogP contribution in [0.15, 0.2) is 0 Å². The fourth-order valence-corrected chi connectivity index (χ4v) is 1.79. The fourth-order valence-electron chi connectivity index (χ4n) is 1.79. The van der Waals surface area contributed by atoms with Crippen molar-refractivity contribution >= 4 is 6.09 Å². The third-order valence-corrected chi connectivity index (χ3v) is 2.74. The Bertz CT molecular complexity index is 274. The van der Waals surface area contributed by atoms with Crippen LogP contribution in [-0.2, 0) is 9.47 Å². The van der Waals surface area contributed by atoms with Crippen LogP contribution in [0.1, 0.15) is 41.0 Å². The lowest BCUT2D eigenvalue weighted by Gasteiger charge is -2.37. The van der Waals surface area contributed by atoms with E-state index >= 15 is 0 Å². The molecule has 1 saturated heterocycles. The normalized spacial score (nSPS) is 34.2. The van der Waals surface area contributed by atoms with Crippen LogP contribution in [-0.4, -0.2) is 35.2 Å². The summed E-state index contributed by atoms with van der Waals surface area (Å²) in [6.45, 7) is 9.18. The van der Waals surface area contributed by atoms with Crippen molar-refractivity contribution in [3.63, 3.8) is 0 Å². The molecule has 1 fully saturated rings. The van der Waals surface area contributed by atoms with Crippen LogP contribution in [0.25, 0.3) is 0 Å². The summed E-state index contributed by atoms with van der Waals surface area (Å²) in [5.41, 5.74) is -0.506. The van der Waals surface area contributed by atoms with Crippen LogP contribution in [0.2, 0.25) is 0 Å². The first-order chi connectivity index (χ1) is 7.69. The molecule has 1 heterocycles. The number of carbonyl (C=O) groups excluding carboxylic acids is 1. The Labute approximate surface area is 102 Å². The summed E-state index contributed by atoms with van der Waals surface area (Å²) in [6.07, 6.45) is -0.723. The molecule has 0 spiro atoms. The second kappa shape index (κ2) is 5.23. The van der Waals surface area contributed by atoms with Gasteiger partial charge in [-0.15, -0.1) is 0 Å². The van der Waals surface area contributed by atoms with Crippen LogP contribution in [0.4, 0.5) is 4.79 Å². The van der Waals surface area contributed by atoms with Crippen molar-refractivity contribution in [3.05, 3.63) is 0 Å². The Kier molecular flexibility index (Phi) is 4.38. The summed E-state index contributed by atoms with van der Waals surface area (Å²) in [5.74, 6) is 0.00568. The molecule has 0 aromatic heterocycles. The van der Waals surface area contributed by atoms with Gasteiger partial charge < -0.3 is 19.9 Å². The van der Waals surface area contributed by atoms with Gasteiger partial charge >= 0.3 is 6.09 Å². The number of rotatable bonds is 1. The Morgan fingerprint density at radius 3 is 2.53 bits per heavy atom. The van der Waals surface area contributed by atoms with E-state index < -0.39 is 18.0 Å². The molecule has 0 aromatic rings. The summed E-state index contributed by atoms with van der Waals surface area (Å²) in [5, 5.41) is 12.3. The Hall–Kier alpha value is -0.810. The molecule has 0 aliphatic carbocycles. The molecule has 5 nitrogen and oxygen atoms in total. The van der Waals surface area contributed by atoms with Gasteiger partial charge in [0.1, 0.15) is 5.60 Å². The van der Waals surface area contributed by atoms with Gasteiger partial charge in [0.15, 0.2) is 6.29 Å². The first-order valence-corrected chi connectivity index (χ1v) is 6.02. The van der Waals surface area contributed by atoms with Gasteiger partial charge in [-0.1, -0.05) is 6.92 Å². The van der Waals surface area contributed by atoms with Crippen molar-refractivity contribution in [1.82, 2.24) is 5.32 Å². The van der Waals surface area contributed by atoms with Gasteiger partial charge in [0, 0.05) is 5.92 Å². The number of ether oxygens (including phenoxy) is 2. The van der Waals surface area contributed by atoms with E-state index in [0.29, 0.717) is 6.42 Å². The lowest BCUT2D eigenvalue weighted by atomic mass is 9.94. The lowest BCUT2D eigenvalue weighted by molar-refractivity contribution is -0.193. The van der Waals surface area contributed by atoms with E-state index in [0.717, 1.165) is 0 Å². The van der Waals surface area contributed by atoms with E-state index in [4.69, 9.17) is 9.47 Å². The van der Waals surface area contributed by atoms with Crippen molar-refractivity contribution in [2.75, 3.05) is 0 Å². The van der Waals surface area contributed by atoms with Crippen molar-refractivity contribution in [3.8, 4) is 0 Å². The molecule has 1 rings (SSSR count). The fraction of sp³-hybridized carbons (Fsp3) is 0.917. The Balaban J connectivity index is 2.48. The highest BCUT2D eigenvalue weighted by molar-refractivity contribution is 5.68. The molecule has 1 aliphatic rings. The summed E-state index contributed by atoms with van der Waals surface area (Å²) in [7, 11) is 0. The molecule has 2 N–H and O–H groups in total. The number of carbonyl (C=O) groups is 1. The quantitative estimate of drug-likeness (QED) is 0.737. The minimum Gasteiger partial charge on any atom is -0.444 e. The largest absolute Gasteiger partial charge is 0.444 e. The summed E-state index contributed by atoms with van der Waals surface area (Å²) in [4.78, 5) is 11.6. The van der Waals surface area contributed by atoms with Gasteiger partial charge in [0.2, 0.25) is 0 Å². The number of amides is 1. The summed E-state index contributed by atoms with van der Waals surface area (Å²) in [6, 6.07) is -0.122. The van der Waals surface area contributed by atoms with Crippen LogP contribution in [0, 0.1) is 5.92 Å².